The lowest BCUT2D eigenvalue weighted by molar-refractivity contribution is 0.0999. The molecule has 140 valence electrons. The van der Waals surface area contributed by atoms with Crippen molar-refractivity contribution in [2.45, 2.75) is 39.3 Å². The van der Waals surface area contributed by atoms with Crippen molar-refractivity contribution >= 4 is 11.8 Å². The molecule has 1 aliphatic rings. The minimum Gasteiger partial charge on any atom is -0.388 e. The summed E-state index contributed by atoms with van der Waals surface area (Å²) < 4.78 is 7.07. The van der Waals surface area contributed by atoms with E-state index in [-0.39, 0.29) is 18.7 Å². The fourth-order valence-electron chi connectivity index (χ4n) is 3.31. The molecule has 1 fully saturated rings. The van der Waals surface area contributed by atoms with Crippen molar-refractivity contribution in [3.8, 4) is 5.69 Å². The van der Waals surface area contributed by atoms with Crippen LogP contribution in [0.25, 0.3) is 5.69 Å². The van der Waals surface area contributed by atoms with Crippen LogP contribution in [0.1, 0.15) is 25.1 Å². The van der Waals surface area contributed by atoms with Gasteiger partial charge in [0.15, 0.2) is 0 Å². The first-order chi connectivity index (χ1) is 12.6. The molecule has 2 aromatic rings. The monoisotopic (exact) mass is 358 g/mol. The lowest BCUT2D eigenvalue weighted by Gasteiger charge is -2.29. The van der Waals surface area contributed by atoms with E-state index >= 15 is 0 Å². The lowest BCUT2D eigenvalue weighted by Crippen LogP contribution is -2.48. The molecule has 2 N–H and O–H groups in total. The number of para-hydroxylation sites is 1. The molecule has 1 aromatic heterocycles. The van der Waals surface area contributed by atoms with Crippen LogP contribution in [-0.2, 0) is 11.2 Å². The zero-order valence-electron chi connectivity index (χ0n) is 15.5. The molecule has 1 aliphatic heterocycles. The van der Waals surface area contributed by atoms with Gasteiger partial charge in [0.05, 0.1) is 36.7 Å². The minimum atomic E-state index is -0.660. The lowest BCUT2D eigenvalue weighted by atomic mass is 10.2. The second kappa shape index (κ2) is 7.88. The number of carbonyl (C=O) groups excluding carboxylic acids is 1. The molecule has 0 saturated carbocycles. The number of anilines is 1. The van der Waals surface area contributed by atoms with Gasteiger partial charge in [-0.1, -0.05) is 25.1 Å². The maximum absolute atomic E-state index is 12.9. The molecule has 0 bridgehead atoms. The Balaban J connectivity index is 1.91. The zero-order valence-corrected chi connectivity index (χ0v) is 15.5. The molecule has 7 nitrogen and oxygen atoms in total. The van der Waals surface area contributed by atoms with E-state index in [1.807, 2.05) is 51.1 Å². The van der Waals surface area contributed by atoms with Gasteiger partial charge in [0, 0.05) is 12.1 Å². The van der Waals surface area contributed by atoms with Gasteiger partial charge in [0.2, 0.25) is 0 Å². The van der Waals surface area contributed by atoms with Crippen molar-refractivity contribution in [1.29, 1.82) is 0 Å². The molecule has 2 atom stereocenters. The first-order valence-corrected chi connectivity index (χ1v) is 9.04. The number of nitrogens with zero attached hydrogens (tertiary/aromatic N) is 3. The summed E-state index contributed by atoms with van der Waals surface area (Å²) in [6.45, 7) is 6.99. The quantitative estimate of drug-likeness (QED) is 0.860. The molecule has 0 radical (unpaired) electrons. The molecule has 26 heavy (non-hydrogen) atoms. The predicted molar refractivity (Wildman–Crippen MR) is 99.7 cm³/mol. The molecule has 2 amide bonds. The summed E-state index contributed by atoms with van der Waals surface area (Å²) in [7, 11) is 0. The zero-order chi connectivity index (χ0) is 18.7. The second-order valence-corrected chi connectivity index (χ2v) is 6.41. The van der Waals surface area contributed by atoms with E-state index in [2.05, 4.69) is 10.4 Å². The summed E-state index contributed by atoms with van der Waals surface area (Å²) in [5.74, 6) is 0.657. The summed E-state index contributed by atoms with van der Waals surface area (Å²) in [5.41, 5.74) is 2.78. The number of nitrogens with one attached hydrogen (secondary N) is 1. The van der Waals surface area contributed by atoms with Gasteiger partial charge >= 0.3 is 6.03 Å². The van der Waals surface area contributed by atoms with E-state index in [1.54, 1.807) is 9.58 Å². The van der Waals surface area contributed by atoms with Crippen LogP contribution in [0.2, 0.25) is 0 Å². The highest BCUT2D eigenvalue weighted by molar-refractivity contribution is 5.90. The van der Waals surface area contributed by atoms with Crippen molar-refractivity contribution < 1.29 is 14.6 Å². The Morgan fingerprint density at radius 1 is 1.35 bits per heavy atom. The summed E-state index contributed by atoms with van der Waals surface area (Å²) in [5, 5.41) is 17.7. The standard InChI is InChI=1S/C19H26N4O3/c1-4-15-13(3)18(23(21-15)14-9-7-6-8-10-14)20-19(25)22(5-2)16-11-26-12-17(16)24/h6-10,16-17,24H,4-5,11-12H2,1-3H3,(H,20,25)/t16-,17-/m0/s1. The number of rotatable bonds is 5. The van der Waals surface area contributed by atoms with E-state index in [1.165, 1.54) is 0 Å². The fraction of sp³-hybridized carbons (Fsp3) is 0.474. The number of likely N-dealkylation sites (N-methyl/N-ethyl adjacent to an activating group) is 1. The normalized spacial score (nSPS) is 19.5. The van der Waals surface area contributed by atoms with Crippen LogP contribution in [0.4, 0.5) is 10.6 Å². The molecule has 2 heterocycles. The highest BCUT2D eigenvalue weighted by Crippen LogP contribution is 2.24. The number of amides is 2. The number of hydrogen-bond donors (Lipinski definition) is 2. The number of aliphatic hydroxyl groups is 1. The summed E-state index contributed by atoms with van der Waals surface area (Å²) >= 11 is 0. The molecule has 0 spiro atoms. The van der Waals surface area contributed by atoms with E-state index in [0.29, 0.717) is 19.0 Å². The molecular formula is C19H26N4O3. The summed E-state index contributed by atoms with van der Waals surface area (Å²) in [6.07, 6.45) is 0.119. The average molecular weight is 358 g/mol. The van der Waals surface area contributed by atoms with Gasteiger partial charge in [0.1, 0.15) is 5.82 Å². The van der Waals surface area contributed by atoms with Gasteiger partial charge in [-0.25, -0.2) is 9.48 Å². The third-order valence-electron chi connectivity index (χ3n) is 4.80. The smallest absolute Gasteiger partial charge is 0.323 e. The Bertz CT molecular complexity index is 760. The first kappa shape index (κ1) is 18.4. The molecule has 0 aliphatic carbocycles. The number of carbonyl (C=O) groups is 1. The number of urea groups is 1. The predicted octanol–water partition coefficient (Wildman–Crippen LogP) is 2.36. The van der Waals surface area contributed by atoms with Crippen molar-refractivity contribution in [3.05, 3.63) is 41.6 Å². The molecule has 0 unspecified atom stereocenters. The average Bonchev–Trinajstić information content (AvgIpc) is 3.21. The van der Waals surface area contributed by atoms with Crippen molar-refractivity contribution in [2.75, 3.05) is 25.1 Å². The molecule has 1 aromatic carbocycles. The summed E-state index contributed by atoms with van der Waals surface area (Å²) in [6, 6.07) is 9.13. The maximum Gasteiger partial charge on any atom is 0.323 e. The molecule has 7 heteroatoms. The first-order valence-electron chi connectivity index (χ1n) is 9.04. The third kappa shape index (κ3) is 3.45. The number of aryl methyl sites for hydroxylation is 1. The van der Waals surface area contributed by atoms with E-state index in [9.17, 15) is 9.90 Å². The van der Waals surface area contributed by atoms with Crippen molar-refractivity contribution in [2.24, 2.45) is 0 Å². The fourth-order valence-corrected chi connectivity index (χ4v) is 3.31. The minimum absolute atomic E-state index is 0.259. The maximum atomic E-state index is 12.9. The largest absolute Gasteiger partial charge is 0.388 e. The number of aromatic nitrogens is 2. The van der Waals surface area contributed by atoms with Crippen LogP contribution in [0, 0.1) is 6.92 Å². The van der Waals surface area contributed by atoms with Gasteiger partial charge in [-0.15, -0.1) is 0 Å². The Morgan fingerprint density at radius 2 is 2.08 bits per heavy atom. The highest BCUT2D eigenvalue weighted by Gasteiger charge is 2.34. The van der Waals surface area contributed by atoms with Crippen molar-refractivity contribution in [3.63, 3.8) is 0 Å². The molecular weight excluding hydrogens is 332 g/mol. The number of ether oxygens (including phenoxy) is 1. The van der Waals surface area contributed by atoms with Crippen LogP contribution >= 0.6 is 0 Å². The van der Waals surface area contributed by atoms with Crippen LogP contribution in [0.5, 0.6) is 0 Å². The van der Waals surface area contributed by atoms with E-state index in [0.717, 1.165) is 23.4 Å². The van der Waals surface area contributed by atoms with Gasteiger partial charge in [0.25, 0.3) is 0 Å². The number of hydrogen-bond acceptors (Lipinski definition) is 4. The Kier molecular flexibility index (Phi) is 5.58. The van der Waals surface area contributed by atoms with Crippen molar-refractivity contribution in [1.82, 2.24) is 14.7 Å². The number of aliphatic hydroxyl groups excluding tert-OH is 1. The molecule has 1 saturated heterocycles. The SMILES string of the molecule is CCc1nn(-c2ccccc2)c(NC(=O)N(CC)[C@H]2COC[C@@H]2O)c1C. The molecule has 3 rings (SSSR count). The highest BCUT2D eigenvalue weighted by atomic mass is 16.5. The third-order valence-corrected chi connectivity index (χ3v) is 4.80. The van der Waals surface area contributed by atoms with Gasteiger partial charge in [-0.3, -0.25) is 5.32 Å². The van der Waals surface area contributed by atoms with E-state index < -0.39 is 6.10 Å². The Hall–Kier alpha value is -2.38. The van der Waals surface area contributed by atoms with Crippen LogP contribution < -0.4 is 5.32 Å². The van der Waals surface area contributed by atoms with E-state index in [4.69, 9.17) is 4.74 Å². The number of benzene rings is 1. The topological polar surface area (TPSA) is 79.6 Å². The van der Waals surface area contributed by atoms with Crippen LogP contribution in [0.15, 0.2) is 30.3 Å². The van der Waals surface area contributed by atoms with Gasteiger partial charge in [-0.05, 0) is 32.4 Å². The Labute approximate surface area is 153 Å². The second-order valence-electron chi connectivity index (χ2n) is 6.41. The van der Waals surface area contributed by atoms with Gasteiger partial charge in [-0.2, -0.15) is 5.10 Å². The van der Waals surface area contributed by atoms with Crippen LogP contribution in [-0.4, -0.2) is 57.7 Å². The van der Waals surface area contributed by atoms with Gasteiger partial charge < -0.3 is 14.7 Å². The summed E-state index contributed by atoms with van der Waals surface area (Å²) in [4.78, 5) is 14.5. The van der Waals surface area contributed by atoms with Crippen LogP contribution in [0.3, 0.4) is 0 Å². The Morgan fingerprint density at radius 3 is 2.65 bits per heavy atom.